The predicted octanol–water partition coefficient (Wildman–Crippen LogP) is 4.98. The van der Waals surface area contributed by atoms with E-state index in [1.165, 1.54) is 6.07 Å². The first-order valence-corrected chi connectivity index (χ1v) is 12.7. The highest BCUT2D eigenvalue weighted by atomic mass is 35.5. The molecule has 0 radical (unpaired) electrons. The van der Waals surface area contributed by atoms with E-state index in [1.54, 1.807) is 17.0 Å². The van der Waals surface area contributed by atoms with E-state index in [-0.39, 0.29) is 17.9 Å². The van der Waals surface area contributed by atoms with Gasteiger partial charge in [-0.3, -0.25) is 9.59 Å². The molecule has 2 aromatic rings. The monoisotopic (exact) mass is 518 g/mol. The largest absolute Gasteiger partial charge is 0.337 e. The molecule has 0 spiro atoms. The van der Waals surface area contributed by atoms with E-state index in [4.69, 9.17) is 23.2 Å². The molecule has 0 bridgehead atoms. The van der Waals surface area contributed by atoms with E-state index in [1.807, 2.05) is 42.2 Å². The van der Waals surface area contributed by atoms with Crippen molar-refractivity contribution in [3.05, 3.63) is 64.1 Å². The minimum atomic E-state index is -0.780. The molecule has 2 atom stereocenters. The molecule has 1 aliphatic rings. The maximum atomic E-state index is 13.5. The lowest BCUT2D eigenvalue weighted by Gasteiger charge is -2.41. The Hall–Kier alpha value is -2.77. The van der Waals surface area contributed by atoms with Gasteiger partial charge in [0.2, 0.25) is 11.8 Å². The molecule has 7 nitrogen and oxygen atoms in total. The zero-order chi connectivity index (χ0) is 25.4. The smallest absolute Gasteiger partial charge is 0.319 e. The number of nitrogens with one attached hydrogen (secondary N) is 2. The number of benzene rings is 2. The maximum Gasteiger partial charge on any atom is 0.319 e. The maximum absolute atomic E-state index is 13.5. The molecule has 2 unspecified atom stereocenters. The van der Waals surface area contributed by atoms with Gasteiger partial charge in [-0.05, 0) is 37.1 Å². The van der Waals surface area contributed by atoms with Crippen LogP contribution in [0.4, 0.5) is 10.5 Å². The fraction of sp³-hybridized carbons (Fsp3) is 0.423. The zero-order valence-corrected chi connectivity index (χ0v) is 21.6. The van der Waals surface area contributed by atoms with Gasteiger partial charge in [-0.2, -0.15) is 0 Å². The summed E-state index contributed by atoms with van der Waals surface area (Å²) in [7, 11) is 0. The second-order valence-electron chi connectivity index (χ2n) is 8.79. The highest BCUT2D eigenvalue weighted by Gasteiger charge is 2.33. The summed E-state index contributed by atoms with van der Waals surface area (Å²) in [5.41, 5.74) is 1.32. The average molecular weight is 519 g/mol. The molecule has 0 saturated carbocycles. The Labute approximate surface area is 216 Å². The number of carbonyl (C=O) groups excluding carboxylic acids is 3. The quantitative estimate of drug-likeness (QED) is 0.517. The van der Waals surface area contributed by atoms with Crippen LogP contribution in [-0.2, 0) is 16.0 Å². The molecule has 1 saturated heterocycles. The van der Waals surface area contributed by atoms with Crippen LogP contribution in [0.1, 0.15) is 38.7 Å². The third-order valence-corrected chi connectivity index (χ3v) is 6.62. The fourth-order valence-electron chi connectivity index (χ4n) is 4.18. The molecule has 2 N–H and O–H groups in total. The highest BCUT2D eigenvalue weighted by molar-refractivity contribution is 6.36. The van der Waals surface area contributed by atoms with Crippen molar-refractivity contribution in [2.75, 3.05) is 25.0 Å². The molecule has 1 fully saturated rings. The molecule has 0 aliphatic carbocycles. The van der Waals surface area contributed by atoms with Crippen molar-refractivity contribution in [2.24, 2.45) is 0 Å². The average Bonchev–Trinajstić information content (AvgIpc) is 2.84. The SMILES string of the molecule is CCCCC(=O)N1CCN(C(=O)C(Cc2ccccc2)NC(=O)Nc2ccc(Cl)cc2Cl)CC1C. The van der Waals surface area contributed by atoms with Crippen molar-refractivity contribution < 1.29 is 14.4 Å². The second kappa shape index (κ2) is 12.8. The van der Waals surface area contributed by atoms with Crippen molar-refractivity contribution in [3.63, 3.8) is 0 Å². The van der Waals surface area contributed by atoms with Crippen LogP contribution in [-0.4, -0.2) is 59.4 Å². The molecule has 1 heterocycles. The molecule has 2 aromatic carbocycles. The molecule has 4 amide bonds. The first kappa shape index (κ1) is 26.8. The van der Waals surface area contributed by atoms with Crippen LogP contribution >= 0.6 is 23.2 Å². The van der Waals surface area contributed by atoms with E-state index >= 15 is 0 Å². The number of carbonyl (C=O) groups is 3. The lowest BCUT2D eigenvalue weighted by molar-refractivity contribution is -0.143. The van der Waals surface area contributed by atoms with Crippen LogP contribution in [0.5, 0.6) is 0 Å². The molecule has 3 rings (SSSR count). The van der Waals surface area contributed by atoms with Crippen LogP contribution in [0.25, 0.3) is 0 Å². The van der Waals surface area contributed by atoms with Gasteiger partial charge in [-0.1, -0.05) is 66.9 Å². The van der Waals surface area contributed by atoms with Crippen LogP contribution in [0.2, 0.25) is 10.0 Å². The van der Waals surface area contributed by atoms with Crippen molar-refractivity contribution >= 4 is 46.7 Å². The molecule has 1 aliphatic heterocycles. The van der Waals surface area contributed by atoms with Crippen LogP contribution in [0.3, 0.4) is 0 Å². The van der Waals surface area contributed by atoms with Gasteiger partial charge in [0.15, 0.2) is 0 Å². The Morgan fingerprint density at radius 1 is 1.09 bits per heavy atom. The van der Waals surface area contributed by atoms with Crippen molar-refractivity contribution in [1.82, 2.24) is 15.1 Å². The van der Waals surface area contributed by atoms with Crippen molar-refractivity contribution in [1.29, 1.82) is 0 Å². The summed E-state index contributed by atoms with van der Waals surface area (Å²) in [5.74, 6) is -0.0525. The third kappa shape index (κ3) is 7.61. The number of unbranched alkanes of at least 4 members (excludes halogenated alkanes) is 1. The van der Waals surface area contributed by atoms with Gasteiger partial charge in [0.1, 0.15) is 6.04 Å². The molecule has 9 heteroatoms. The number of hydrogen-bond donors (Lipinski definition) is 2. The Kier molecular flexibility index (Phi) is 9.81. The van der Waals surface area contributed by atoms with Gasteiger partial charge in [-0.15, -0.1) is 0 Å². The van der Waals surface area contributed by atoms with Crippen molar-refractivity contribution in [2.45, 2.75) is 51.6 Å². The van der Waals surface area contributed by atoms with Gasteiger partial charge in [0.05, 0.1) is 10.7 Å². The van der Waals surface area contributed by atoms with Gasteiger partial charge in [0.25, 0.3) is 0 Å². The van der Waals surface area contributed by atoms with Crippen molar-refractivity contribution in [3.8, 4) is 0 Å². The second-order valence-corrected chi connectivity index (χ2v) is 9.63. The Balaban J connectivity index is 1.70. The summed E-state index contributed by atoms with van der Waals surface area (Å²) in [6.07, 6.45) is 2.70. The zero-order valence-electron chi connectivity index (χ0n) is 20.1. The summed E-state index contributed by atoms with van der Waals surface area (Å²) in [5, 5.41) is 6.27. The Morgan fingerprint density at radius 3 is 2.49 bits per heavy atom. The lowest BCUT2D eigenvalue weighted by atomic mass is 10.0. The number of amides is 4. The van der Waals surface area contributed by atoms with Crippen LogP contribution in [0, 0.1) is 0 Å². The summed E-state index contributed by atoms with van der Waals surface area (Å²) in [6, 6.07) is 12.9. The number of rotatable bonds is 8. The first-order valence-electron chi connectivity index (χ1n) is 11.9. The summed E-state index contributed by atoms with van der Waals surface area (Å²) in [4.78, 5) is 42.5. The minimum Gasteiger partial charge on any atom is -0.337 e. The van der Waals surface area contributed by atoms with E-state index in [0.717, 1.165) is 18.4 Å². The molecular formula is C26H32Cl2N4O3. The van der Waals surface area contributed by atoms with Gasteiger partial charge in [-0.25, -0.2) is 4.79 Å². The lowest BCUT2D eigenvalue weighted by Crippen LogP contribution is -2.59. The molecular weight excluding hydrogens is 487 g/mol. The number of hydrogen-bond acceptors (Lipinski definition) is 3. The van der Waals surface area contributed by atoms with Crippen LogP contribution < -0.4 is 10.6 Å². The highest BCUT2D eigenvalue weighted by Crippen LogP contribution is 2.25. The Morgan fingerprint density at radius 2 is 1.83 bits per heavy atom. The standard InChI is InChI=1S/C26H32Cl2N4O3/c1-3-4-10-24(33)32-14-13-31(17-18(32)2)25(34)23(15-19-8-6-5-7-9-19)30-26(35)29-22-12-11-20(27)16-21(22)28/h5-9,11-12,16,18,23H,3-4,10,13-15,17H2,1-2H3,(H2,29,30,35). The van der Waals surface area contributed by atoms with E-state index in [9.17, 15) is 14.4 Å². The first-order chi connectivity index (χ1) is 16.8. The molecule has 35 heavy (non-hydrogen) atoms. The molecule has 0 aromatic heterocycles. The number of anilines is 1. The van der Waals surface area contributed by atoms with Gasteiger partial charge < -0.3 is 20.4 Å². The fourth-order valence-corrected chi connectivity index (χ4v) is 4.63. The number of urea groups is 1. The van der Waals surface area contributed by atoms with E-state index in [0.29, 0.717) is 48.2 Å². The number of piperazine rings is 1. The third-order valence-electron chi connectivity index (χ3n) is 6.07. The summed E-state index contributed by atoms with van der Waals surface area (Å²) in [6.45, 7) is 5.36. The van der Waals surface area contributed by atoms with E-state index in [2.05, 4.69) is 17.6 Å². The normalized spacial score (nSPS) is 16.5. The molecule has 188 valence electrons. The van der Waals surface area contributed by atoms with Gasteiger partial charge in [0, 0.05) is 43.5 Å². The number of nitrogens with zero attached hydrogens (tertiary/aromatic N) is 2. The van der Waals surface area contributed by atoms with Crippen LogP contribution in [0.15, 0.2) is 48.5 Å². The summed E-state index contributed by atoms with van der Waals surface area (Å²) >= 11 is 12.1. The summed E-state index contributed by atoms with van der Waals surface area (Å²) < 4.78 is 0. The predicted molar refractivity (Wildman–Crippen MR) is 140 cm³/mol. The Bertz CT molecular complexity index is 1030. The van der Waals surface area contributed by atoms with E-state index < -0.39 is 12.1 Å². The van der Waals surface area contributed by atoms with Gasteiger partial charge >= 0.3 is 6.03 Å². The number of halogens is 2. The minimum absolute atomic E-state index is 0.0869. The topological polar surface area (TPSA) is 81.8 Å².